The lowest BCUT2D eigenvalue weighted by atomic mass is 9.88. The van der Waals surface area contributed by atoms with Gasteiger partial charge in [-0.15, -0.1) is 0 Å². The average molecular weight is 286 g/mol. The van der Waals surface area contributed by atoms with Crippen LogP contribution >= 0.6 is 0 Å². The largest absolute Gasteiger partial charge is 0.319 e. The van der Waals surface area contributed by atoms with E-state index in [9.17, 15) is 0 Å². The van der Waals surface area contributed by atoms with Crippen LogP contribution in [0.4, 0.5) is 0 Å². The Hall–Kier alpha value is -0.860. The standard InChI is InChI=1S/C19H30N2/c1-3-15-7-9-16(10-8-15)19-17(14-20-2)6-4-5-13-21(19)18-11-12-18/h7-10,17-20H,3-6,11-14H2,1-2H3. The fourth-order valence-electron chi connectivity index (χ4n) is 3.97. The highest BCUT2D eigenvalue weighted by atomic mass is 15.2. The van der Waals surface area contributed by atoms with Gasteiger partial charge in [0.1, 0.15) is 0 Å². The Bertz CT molecular complexity index is 435. The number of nitrogens with one attached hydrogen (secondary N) is 1. The summed E-state index contributed by atoms with van der Waals surface area (Å²) in [5.41, 5.74) is 3.00. The summed E-state index contributed by atoms with van der Waals surface area (Å²) in [7, 11) is 2.10. The molecule has 0 radical (unpaired) electrons. The monoisotopic (exact) mass is 286 g/mol. The average Bonchev–Trinajstić information content (AvgIpc) is 3.34. The number of hydrogen-bond donors (Lipinski definition) is 1. The van der Waals surface area contributed by atoms with E-state index in [1.54, 1.807) is 5.56 Å². The van der Waals surface area contributed by atoms with E-state index in [0.29, 0.717) is 6.04 Å². The first-order chi connectivity index (χ1) is 10.3. The normalized spacial score (nSPS) is 27.5. The second-order valence-electron chi connectivity index (χ2n) is 6.82. The van der Waals surface area contributed by atoms with Gasteiger partial charge in [0.2, 0.25) is 0 Å². The van der Waals surface area contributed by atoms with Crippen molar-refractivity contribution in [2.24, 2.45) is 5.92 Å². The molecule has 2 nitrogen and oxygen atoms in total. The molecule has 1 aliphatic carbocycles. The first-order valence-corrected chi connectivity index (χ1v) is 8.82. The highest BCUT2D eigenvalue weighted by Crippen LogP contribution is 2.41. The van der Waals surface area contributed by atoms with Crippen LogP contribution < -0.4 is 5.32 Å². The van der Waals surface area contributed by atoms with Gasteiger partial charge in [-0.3, -0.25) is 4.90 Å². The van der Waals surface area contributed by atoms with E-state index in [-0.39, 0.29) is 0 Å². The predicted octanol–water partition coefficient (Wildman–Crippen LogP) is 3.77. The van der Waals surface area contributed by atoms with Gasteiger partial charge in [-0.05, 0) is 69.3 Å². The molecule has 1 saturated heterocycles. The maximum absolute atomic E-state index is 3.44. The zero-order valence-corrected chi connectivity index (χ0v) is 13.6. The quantitative estimate of drug-likeness (QED) is 0.886. The molecule has 2 heteroatoms. The van der Waals surface area contributed by atoms with E-state index in [2.05, 4.69) is 48.5 Å². The number of likely N-dealkylation sites (tertiary alicyclic amines) is 1. The molecule has 0 amide bonds. The molecule has 2 fully saturated rings. The molecule has 1 aliphatic heterocycles. The molecule has 1 N–H and O–H groups in total. The zero-order valence-electron chi connectivity index (χ0n) is 13.6. The summed E-state index contributed by atoms with van der Waals surface area (Å²) in [6, 6.07) is 10.9. The van der Waals surface area contributed by atoms with E-state index in [4.69, 9.17) is 0 Å². The van der Waals surface area contributed by atoms with E-state index < -0.39 is 0 Å². The molecule has 2 atom stereocenters. The third kappa shape index (κ3) is 3.49. The van der Waals surface area contributed by atoms with Gasteiger partial charge < -0.3 is 5.32 Å². The number of nitrogens with zero attached hydrogens (tertiary/aromatic N) is 1. The smallest absolute Gasteiger partial charge is 0.0391 e. The van der Waals surface area contributed by atoms with Crippen molar-refractivity contribution in [1.29, 1.82) is 0 Å². The minimum atomic E-state index is 0.623. The van der Waals surface area contributed by atoms with Crippen LogP contribution in [0.5, 0.6) is 0 Å². The van der Waals surface area contributed by atoms with Crippen molar-refractivity contribution in [3.63, 3.8) is 0 Å². The van der Waals surface area contributed by atoms with Gasteiger partial charge in [-0.2, -0.15) is 0 Å². The summed E-state index contributed by atoms with van der Waals surface area (Å²) in [4.78, 5) is 2.83. The van der Waals surface area contributed by atoms with Crippen molar-refractivity contribution >= 4 is 0 Å². The summed E-state index contributed by atoms with van der Waals surface area (Å²) in [5.74, 6) is 0.755. The lowest BCUT2D eigenvalue weighted by Gasteiger charge is -2.36. The molecule has 1 saturated carbocycles. The Balaban J connectivity index is 1.88. The highest BCUT2D eigenvalue weighted by Gasteiger charge is 2.38. The van der Waals surface area contributed by atoms with E-state index in [1.165, 1.54) is 44.2 Å². The Morgan fingerprint density at radius 1 is 1.10 bits per heavy atom. The SMILES string of the molecule is CCc1ccc(C2C(CNC)CCCCN2C2CC2)cc1. The summed E-state index contributed by atoms with van der Waals surface area (Å²) in [6.45, 7) is 4.68. The number of aryl methyl sites for hydroxylation is 1. The van der Waals surface area contributed by atoms with Crippen molar-refractivity contribution in [2.45, 2.75) is 57.5 Å². The first kappa shape index (κ1) is 15.1. The van der Waals surface area contributed by atoms with Crippen LogP contribution in [0.1, 0.15) is 56.2 Å². The molecule has 1 heterocycles. The second kappa shape index (κ2) is 6.93. The molecule has 3 rings (SSSR count). The number of rotatable bonds is 5. The van der Waals surface area contributed by atoms with Crippen molar-refractivity contribution < 1.29 is 0 Å². The molecule has 0 bridgehead atoms. The fourth-order valence-corrected chi connectivity index (χ4v) is 3.97. The molecule has 0 aromatic heterocycles. The Labute approximate surface area is 129 Å². The first-order valence-electron chi connectivity index (χ1n) is 8.82. The molecule has 2 aliphatic rings. The van der Waals surface area contributed by atoms with E-state index in [1.807, 2.05) is 0 Å². The van der Waals surface area contributed by atoms with Crippen molar-refractivity contribution in [3.05, 3.63) is 35.4 Å². The molecule has 1 aromatic rings. The van der Waals surface area contributed by atoms with Crippen LogP contribution in [0, 0.1) is 5.92 Å². The van der Waals surface area contributed by atoms with Gasteiger partial charge in [-0.25, -0.2) is 0 Å². The van der Waals surface area contributed by atoms with Crippen molar-refractivity contribution in [3.8, 4) is 0 Å². The molecule has 2 unspecified atom stereocenters. The molecule has 116 valence electrons. The summed E-state index contributed by atoms with van der Waals surface area (Å²) >= 11 is 0. The number of benzene rings is 1. The molecule has 21 heavy (non-hydrogen) atoms. The van der Waals surface area contributed by atoms with E-state index >= 15 is 0 Å². The maximum atomic E-state index is 3.44. The maximum Gasteiger partial charge on any atom is 0.0391 e. The van der Waals surface area contributed by atoms with Gasteiger partial charge >= 0.3 is 0 Å². The Morgan fingerprint density at radius 3 is 2.48 bits per heavy atom. The molecular formula is C19H30N2. The number of hydrogen-bond acceptors (Lipinski definition) is 2. The summed E-state index contributed by atoms with van der Waals surface area (Å²) in [6.07, 6.45) is 8.09. The van der Waals surface area contributed by atoms with Crippen LogP contribution in [0.3, 0.4) is 0 Å². The lowest BCUT2D eigenvalue weighted by molar-refractivity contribution is 0.145. The second-order valence-corrected chi connectivity index (χ2v) is 6.82. The minimum absolute atomic E-state index is 0.623. The van der Waals surface area contributed by atoms with Crippen molar-refractivity contribution in [1.82, 2.24) is 10.2 Å². The fraction of sp³-hybridized carbons (Fsp3) is 0.684. The van der Waals surface area contributed by atoms with Crippen LogP contribution in [0.15, 0.2) is 24.3 Å². The topological polar surface area (TPSA) is 15.3 Å². The summed E-state index contributed by atoms with van der Waals surface area (Å²) in [5, 5.41) is 3.44. The van der Waals surface area contributed by atoms with Gasteiger partial charge in [0, 0.05) is 12.1 Å². The predicted molar refractivity (Wildman–Crippen MR) is 89.6 cm³/mol. The highest BCUT2D eigenvalue weighted by molar-refractivity contribution is 5.26. The van der Waals surface area contributed by atoms with E-state index in [0.717, 1.165) is 24.9 Å². The third-order valence-corrected chi connectivity index (χ3v) is 5.26. The zero-order chi connectivity index (χ0) is 14.7. The van der Waals surface area contributed by atoms with Gasteiger partial charge in [-0.1, -0.05) is 37.6 Å². The minimum Gasteiger partial charge on any atom is -0.319 e. The molecule has 1 aromatic carbocycles. The lowest BCUT2D eigenvalue weighted by Crippen LogP contribution is -2.37. The third-order valence-electron chi connectivity index (χ3n) is 5.26. The molecule has 0 spiro atoms. The van der Waals surface area contributed by atoms with Gasteiger partial charge in [0.25, 0.3) is 0 Å². The van der Waals surface area contributed by atoms with Gasteiger partial charge in [0.05, 0.1) is 0 Å². The van der Waals surface area contributed by atoms with Gasteiger partial charge in [0.15, 0.2) is 0 Å². The molecular weight excluding hydrogens is 256 g/mol. The van der Waals surface area contributed by atoms with Crippen molar-refractivity contribution in [2.75, 3.05) is 20.1 Å². The van der Waals surface area contributed by atoms with Crippen LogP contribution in [0.25, 0.3) is 0 Å². The van der Waals surface area contributed by atoms with Crippen LogP contribution in [-0.4, -0.2) is 31.1 Å². The van der Waals surface area contributed by atoms with Crippen LogP contribution in [0.2, 0.25) is 0 Å². The summed E-state index contributed by atoms with van der Waals surface area (Å²) < 4.78 is 0. The van der Waals surface area contributed by atoms with Crippen LogP contribution in [-0.2, 0) is 6.42 Å². The Kier molecular flexibility index (Phi) is 4.97. The Morgan fingerprint density at radius 2 is 1.86 bits per heavy atom.